The fraction of sp³-hybridized carbons (Fsp3) is 0.471. The van der Waals surface area contributed by atoms with Crippen LogP contribution in [0, 0.1) is 11.3 Å². The average Bonchev–Trinajstić information content (AvgIpc) is 2.58. The number of hydrogen-bond acceptors (Lipinski definition) is 2. The summed E-state index contributed by atoms with van der Waals surface area (Å²) in [6.07, 6.45) is 5.55. The standard InChI is InChI=1S/C17H21NO/c1-12-9-16(2,3)11-17(12,19)15-6-4-5-13-7-8-18-10-14(13)15/h4-8,10,12,19H,9,11H2,1-3H3. The summed E-state index contributed by atoms with van der Waals surface area (Å²) in [5, 5.41) is 13.5. The highest BCUT2D eigenvalue weighted by Gasteiger charge is 2.48. The maximum absolute atomic E-state index is 11.2. The van der Waals surface area contributed by atoms with Gasteiger partial charge in [0, 0.05) is 17.8 Å². The molecule has 1 N–H and O–H groups in total. The SMILES string of the molecule is CC1CC(C)(C)CC1(O)c1cccc2ccncc12. The average molecular weight is 255 g/mol. The van der Waals surface area contributed by atoms with E-state index in [0.717, 1.165) is 29.2 Å². The summed E-state index contributed by atoms with van der Waals surface area (Å²) in [5.74, 6) is 0.272. The van der Waals surface area contributed by atoms with Crippen molar-refractivity contribution in [2.24, 2.45) is 11.3 Å². The lowest BCUT2D eigenvalue weighted by atomic mass is 9.81. The van der Waals surface area contributed by atoms with Crippen LogP contribution in [0.4, 0.5) is 0 Å². The second-order valence-corrected chi connectivity index (χ2v) is 6.77. The third kappa shape index (κ3) is 1.95. The molecule has 0 aliphatic heterocycles. The predicted octanol–water partition coefficient (Wildman–Crippen LogP) is 3.88. The molecule has 0 bridgehead atoms. The van der Waals surface area contributed by atoms with Crippen molar-refractivity contribution in [2.45, 2.75) is 39.2 Å². The van der Waals surface area contributed by atoms with Crippen molar-refractivity contribution in [3.63, 3.8) is 0 Å². The Balaban J connectivity index is 2.19. The van der Waals surface area contributed by atoms with Crippen LogP contribution in [0.3, 0.4) is 0 Å². The number of benzene rings is 1. The van der Waals surface area contributed by atoms with Crippen LogP contribution < -0.4 is 0 Å². The van der Waals surface area contributed by atoms with Gasteiger partial charge < -0.3 is 5.11 Å². The lowest BCUT2D eigenvalue weighted by Crippen LogP contribution is -2.29. The Morgan fingerprint density at radius 1 is 1.26 bits per heavy atom. The molecule has 2 nitrogen and oxygen atoms in total. The molecule has 0 radical (unpaired) electrons. The molecule has 1 aromatic carbocycles. The Morgan fingerprint density at radius 2 is 2.05 bits per heavy atom. The van der Waals surface area contributed by atoms with Crippen molar-refractivity contribution in [3.05, 3.63) is 42.2 Å². The molecule has 1 aromatic heterocycles. The van der Waals surface area contributed by atoms with Crippen LogP contribution in [0.25, 0.3) is 10.8 Å². The molecule has 1 fully saturated rings. The molecule has 100 valence electrons. The number of pyridine rings is 1. The number of fused-ring (bicyclic) bond motifs is 1. The van der Waals surface area contributed by atoms with Gasteiger partial charge in [-0.1, -0.05) is 39.0 Å². The Morgan fingerprint density at radius 3 is 2.74 bits per heavy atom. The molecule has 0 saturated heterocycles. The van der Waals surface area contributed by atoms with Crippen molar-refractivity contribution in [3.8, 4) is 0 Å². The van der Waals surface area contributed by atoms with Crippen LogP contribution in [-0.4, -0.2) is 10.1 Å². The lowest BCUT2D eigenvalue weighted by molar-refractivity contribution is 0.000581. The molecule has 1 aliphatic carbocycles. The maximum atomic E-state index is 11.2. The van der Waals surface area contributed by atoms with Crippen LogP contribution in [0.1, 0.15) is 39.2 Å². The van der Waals surface area contributed by atoms with E-state index in [4.69, 9.17) is 0 Å². The normalized spacial score (nSPS) is 29.8. The van der Waals surface area contributed by atoms with Gasteiger partial charge in [0.15, 0.2) is 0 Å². The fourth-order valence-corrected chi connectivity index (χ4v) is 3.83. The van der Waals surface area contributed by atoms with Gasteiger partial charge in [-0.25, -0.2) is 0 Å². The van der Waals surface area contributed by atoms with E-state index in [9.17, 15) is 5.11 Å². The summed E-state index contributed by atoms with van der Waals surface area (Å²) in [6.45, 7) is 6.64. The molecule has 0 spiro atoms. The van der Waals surface area contributed by atoms with Crippen molar-refractivity contribution in [1.29, 1.82) is 0 Å². The zero-order valence-corrected chi connectivity index (χ0v) is 11.9. The number of nitrogens with zero attached hydrogens (tertiary/aromatic N) is 1. The van der Waals surface area contributed by atoms with Crippen molar-refractivity contribution >= 4 is 10.8 Å². The third-order valence-corrected chi connectivity index (χ3v) is 4.57. The second-order valence-electron chi connectivity index (χ2n) is 6.77. The summed E-state index contributed by atoms with van der Waals surface area (Å²) < 4.78 is 0. The van der Waals surface area contributed by atoms with Gasteiger partial charge in [-0.3, -0.25) is 4.98 Å². The van der Waals surface area contributed by atoms with E-state index in [1.54, 1.807) is 6.20 Å². The summed E-state index contributed by atoms with van der Waals surface area (Å²) in [4.78, 5) is 4.23. The van der Waals surface area contributed by atoms with Crippen LogP contribution in [0.15, 0.2) is 36.7 Å². The van der Waals surface area contributed by atoms with Gasteiger partial charge in [0.25, 0.3) is 0 Å². The van der Waals surface area contributed by atoms with Crippen LogP contribution in [-0.2, 0) is 5.60 Å². The highest BCUT2D eigenvalue weighted by Crippen LogP contribution is 2.53. The smallest absolute Gasteiger partial charge is 0.0933 e. The van der Waals surface area contributed by atoms with E-state index in [-0.39, 0.29) is 11.3 Å². The minimum atomic E-state index is -0.730. The Kier molecular flexibility index (Phi) is 2.68. The van der Waals surface area contributed by atoms with E-state index in [1.165, 1.54) is 0 Å². The van der Waals surface area contributed by atoms with E-state index in [1.807, 2.05) is 18.3 Å². The number of rotatable bonds is 1. The zero-order chi connectivity index (χ0) is 13.7. The molecule has 1 heterocycles. The van der Waals surface area contributed by atoms with Gasteiger partial charge in [-0.05, 0) is 41.2 Å². The first-order valence-corrected chi connectivity index (χ1v) is 6.98. The largest absolute Gasteiger partial charge is 0.385 e. The molecule has 2 atom stereocenters. The summed E-state index contributed by atoms with van der Waals surface area (Å²) in [5.41, 5.74) is 0.501. The highest BCUT2D eigenvalue weighted by atomic mass is 16.3. The van der Waals surface area contributed by atoms with Crippen molar-refractivity contribution < 1.29 is 5.11 Å². The van der Waals surface area contributed by atoms with Crippen molar-refractivity contribution in [2.75, 3.05) is 0 Å². The van der Waals surface area contributed by atoms with E-state index in [2.05, 4.69) is 37.9 Å². The molecule has 2 heteroatoms. The highest BCUT2D eigenvalue weighted by molar-refractivity contribution is 5.85. The molecule has 1 aliphatic rings. The topological polar surface area (TPSA) is 33.1 Å². The molecular formula is C17H21NO. The molecule has 1 saturated carbocycles. The van der Waals surface area contributed by atoms with Crippen LogP contribution in [0.5, 0.6) is 0 Å². The van der Waals surface area contributed by atoms with E-state index in [0.29, 0.717) is 0 Å². The monoisotopic (exact) mass is 255 g/mol. The molecule has 19 heavy (non-hydrogen) atoms. The van der Waals surface area contributed by atoms with Crippen LogP contribution >= 0.6 is 0 Å². The van der Waals surface area contributed by atoms with E-state index >= 15 is 0 Å². The predicted molar refractivity (Wildman–Crippen MR) is 77.8 cm³/mol. The molecular weight excluding hydrogens is 234 g/mol. The Labute approximate surface area is 114 Å². The number of aliphatic hydroxyl groups is 1. The first-order valence-electron chi connectivity index (χ1n) is 6.98. The first-order chi connectivity index (χ1) is 8.92. The van der Waals surface area contributed by atoms with Gasteiger partial charge in [-0.2, -0.15) is 0 Å². The molecule has 3 rings (SSSR count). The Hall–Kier alpha value is -1.41. The van der Waals surface area contributed by atoms with Gasteiger partial charge in [0.05, 0.1) is 5.60 Å². The summed E-state index contributed by atoms with van der Waals surface area (Å²) in [6, 6.07) is 8.18. The van der Waals surface area contributed by atoms with Gasteiger partial charge in [0.1, 0.15) is 0 Å². The second kappa shape index (κ2) is 4.04. The van der Waals surface area contributed by atoms with Gasteiger partial charge in [0.2, 0.25) is 0 Å². The first kappa shape index (κ1) is 12.6. The lowest BCUT2D eigenvalue weighted by Gasteiger charge is -2.30. The van der Waals surface area contributed by atoms with Gasteiger partial charge in [-0.15, -0.1) is 0 Å². The third-order valence-electron chi connectivity index (χ3n) is 4.57. The quantitative estimate of drug-likeness (QED) is 0.839. The van der Waals surface area contributed by atoms with Crippen molar-refractivity contribution in [1.82, 2.24) is 4.98 Å². The molecule has 2 unspecified atom stereocenters. The Bertz CT molecular complexity index is 614. The molecule has 0 amide bonds. The summed E-state index contributed by atoms with van der Waals surface area (Å²) >= 11 is 0. The number of aromatic nitrogens is 1. The van der Waals surface area contributed by atoms with Gasteiger partial charge >= 0.3 is 0 Å². The maximum Gasteiger partial charge on any atom is 0.0933 e. The van der Waals surface area contributed by atoms with E-state index < -0.39 is 5.60 Å². The fourth-order valence-electron chi connectivity index (χ4n) is 3.83. The summed E-state index contributed by atoms with van der Waals surface area (Å²) in [7, 11) is 0. The van der Waals surface area contributed by atoms with Crippen LogP contribution in [0.2, 0.25) is 0 Å². The minimum absolute atomic E-state index is 0.193. The minimum Gasteiger partial charge on any atom is -0.385 e. The molecule has 2 aromatic rings. The number of hydrogen-bond donors (Lipinski definition) is 1. The zero-order valence-electron chi connectivity index (χ0n) is 11.9.